The van der Waals surface area contributed by atoms with E-state index in [1.54, 1.807) is 6.92 Å². The van der Waals surface area contributed by atoms with Crippen LogP contribution < -0.4 is 14.8 Å². The summed E-state index contributed by atoms with van der Waals surface area (Å²) in [6.07, 6.45) is 0.356. The van der Waals surface area contributed by atoms with E-state index in [0.29, 0.717) is 10.6 Å². The van der Waals surface area contributed by atoms with Gasteiger partial charge in [-0.05, 0) is 24.6 Å². The minimum absolute atomic E-state index is 0.0529. The molecule has 38 heavy (non-hydrogen) atoms. The number of amides is 3. The van der Waals surface area contributed by atoms with Crippen LogP contribution in [0.2, 0.25) is 5.02 Å². The van der Waals surface area contributed by atoms with Crippen LogP contribution in [0.1, 0.15) is 58.2 Å². The molecule has 0 fully saturated rings. The van der Waals surface area contributed by atoms with E-state index in [1.807, 2.05) is 0 Å². The predicted octanol–water partition coefficient (Wildman–Crippen LogP) is 4.13. The molecule has 206 valence electrons. The summed E-state index contributed by atoms with van der Waals surface area (Å²) >= 11 is 6.17. The van der Waals surface area contributed by atoms with Crippen LogP contribution in [0.4, 0.5) is 14.5 Å². The van der Waals surface area contributed by atoms with Gasteiger partial charge in [0.15, 0.2) is 11.5 Å². The summed E-state index contributed by atoms with van der Waals surface area (Å²) in [5.41, 5.74) is -1.49. The van der Waals surface area contributed by atoms with Crippen LogP contribution in [-0.2, 0) is 21.1 Å². The van der Waals surface area contributed by atoms with Crippen molar-refractivity contribution in [1.29, 1.82) is 0 Å². The largest absolute Gasteiger partial charge is 0.493 e. The number of anilines is 1. The minimum atomic E-state index is -3.80. The molecular weight excluding hydrogens is 546 g/mol. The number of nitrogens with zero attached hydrogens (tertiary/aromatic N) is 1. The van der Waals surface area contributed by atoms with Crippen LogP contribution in [-0.4, -0.2) is 63.4 Å². The third kappa shape index (κ3) is 5.60. The van der Waals surface area contributed by atoms with Gasteiger partial charge in [0.1, 0.15) is 15.7 Å². The van der Waals surface area contributed by atoms with Gasteiger partial charge < -0.3 is 14.8 Å². The van der Waals surface area contributed by atoms with Crippen LogP contribution in [0.25, 0.3) is 0 Å². The van der Waals surface area contributed by atoms with Gasteiger partial charge >= 0.3 is 0 Å². The first-order valence-corrected chi connectivity index (χ1v) is 14.1. The topological polar surface area (TPSA) is 119 Å². The Labute approximate surface area is 224 Å². The van der Waals surface area contributed by atoms with Crippen molar-refractivity contribution >= 4 is 44.8 Å². The van der Waals surface area contributed by atoms with Crippen molar-refractivity contribution in [3.63, 3.8) is 0 Å². The Balaban J connectivity index is 2.27. The van der Waals surface area contributed by atoms with Crippen LogP contribution >= 0.6 is 11.6 Å². The molecule has 1 atom stereocenters. The van der Waals surface area contributed by atoms with E-state index in [9.17, 15) is 27.2 Å². The monoisotopic (exact) mass is 572 g/mol. The van der Waals surface area contributed by atoms with Crippen LogP contribution in [0, 0.1) is 5.82 Å². The molecule has 0 spiro atoms. The SMILES string of the molecule is CCOc1cc([C@@H](CS(C)(=O)=O)N2C(=O)c3c(Cl)c(F)c(CCF)c(NC(=O)CC)c3C2=O)ccc1OC. The molecule has 0 aliphatic carbocycles. The molecule has 1 aliphatic rings. The predicted molar refractivity (Wildman–Crippen MR) is 137 cm³/mol. The fraction of sp³-hybridized carbons (Fsp3) is 0.400. The number of hydrogen-bond donors (Lipinski definition) is 1. The summed E-state index contributed by atoms with van der Waals surface area (Å²) in [4.78, 5) is 40.3. The summed E-state index contributed by atoms with van der Waals surface area (Å²) in [6, 6.07) is 3.03. The number of halogens is 3. The molecule has 1 heterocycles. The summed E-state index contributed by atoms with van der Waals surface area (Å²) < 4.78 is 64.2. The minimum Gasteiger partial charge on any atom is -0.493 e. The van der Waals surface area contributed by atoms with Gasteiger partial charge in [0.2, 0.25) is 5.91 Å². The zero-order chi connectivity index (χ0) is 28.4. The van der Waals surface area contributed by atoms with Gasteiger partial charge in [0.05, 0.1) is 54.0 Å². The van der Waals surface area contributed by atoms with Gasteiger partial charge in [-0.2, -0.15) is 0 Å². The lowest BCUT2D eigenvalue weighted by Gasteiger charge is -2.27. The summed E-state index contributed by atoms with van der Waals surface area (Å²) in [5.74, 6) is -3.94. The molecule has 1 aliphatic heterocycles. The summed E-state index contributed by atoms with van der Waals surface area (Å²) in [6.45, 7) is 2.45. The molecule has 3 rings (SSSR count). The number of imide groups is 1. The third-order valence-electron chi connectivity index (χ3n) is 5.92. The maximum atomic E-state index is 15.2. The molecule has 0 unspecified atom stereocenters. The normalized spacial score (nSPS) is 13.9. The average Bonchev–Trinajstić information content (AvgIpc) is 3.12. The van der Waals surface area contributed by atoms with Gasteiger partial charge in [0, 0.05) is 24.7 Å². The van der Waals surface area contributed by atoms with Crippen molar-refractivity contribution in [1.82, 2.24) is 4.90 Å². The number of sulfone groups is 1. The van der Waals surface area contributed by atoms with Gasteiger partial charge in [0.25, 0.3) is 11.8 Å². The van der Waals surface area contributed by atoms with E-state index in [-0.39, 0.29) is 35.6 Å². The van der Waals surface area contributed by atoms with Crippen molar-refractivity contribution in [3.05, 3.63) is 51.3 Å². The van der Waals surface area contributed by atoms with Gasteiger partial charge in [-0.15, -0.1) is 0 Å². The molecule has 0 radical (unpaired) electrons. The Hall–Kier alpha value is -3.25. The second-order valence-electron chi connectivity index (χ2n) is 8.50. The van der Waals surface area contributed by atoms with Crippen molar-refractivity contribution in [2.75, 3.05) is 37.7 Å². The standard InChI is InChI=1S/C25H27ClF2N2O7S/c1-5-18(31)29-23-14(9-10-27)22(28)21(26)19-20(23)25(33)30(24(19)32)15(12-38(4,34)35)13-7-8-16(36-3)17(11-13)37-6-2/h7-8,11,15H,5-6,9-10,12H2,1-4H3,(H,29,31)/t15-/m1/s1. The van der Waals surface area contributed by atoms with E-state index in [1.165, 1.54) is 32.2 Å². The zero-order valence-corrected chi connectivity index (χ0v) is 22.8. The highest BCUT2D eigenvalue weighted by molar-refractivity contribution is 7.90. The lowest BCUT2D eigenvalue weighted by atomic mass is 9.99. The Morgan fingerprint density at radius 1 is 1.16 bits per heavy atom. The number of ether oxygens (including phenoxy) is 2. The molecule has 1 N–H and O–H groups in total. The Morgan fingerprint density at radius 3 is 2.37 bits per heavy atom. The number of carbonyl (C=O) groups is 3. The highest BCUT2D eigenvalue weighted by Crippen LogP contribution is 2.44. The lowest BCUT2D eigenvalue weighted by molar-refractivity contribution is -0.115. The quantitative estimate of drug-likeness (QED) is 0.402. The number of methoxy groups -OCH3 is 1. The van der Waals surface area contributed by atoms with Gasteiger partial charge in [-0.1, -0.05) is 24.6 Å². The van der Waals surface area contributed by atoms with Gasteiger partial charge in [-0.25, -0.2) is 12.8 Å². The van der Waals surface area contributed by atoms with Crippen LogP contribution in [0.5, 0.6) is 11.5 Å². The highest BCUT2D eigenvalue weighted by Gasteiger charge is 2.46. The third-order valence-corrected chi connectivity index (χ3v) is 7.20. The van der Waals surface area contributed by atoms with Crippen molar-refractivity contribution in [2.24, 2.45) is 0 Å². The van der Waals surface area contributed by atoms with E-state index in [4.69, 9.17) is 21.1 Å². The highest BCUT2D eigenvalue weighted by atomic mass is 35.5. The molecule has 2 aromatic rings. The summed E-state index contributed by atoms with van der Waals surface area (Å²) in [5, 5.41) is 1.67. The second-order valence-corrected chi connectivity index (χ2v) is 11.1. The van der Waals surface area contributed by atoms with E-state index in [0.717, 1.165) is 6.26 Å². The maximum absolute atomic E-state index is 15.2. The number of benzene rings is 2. The molecule has 0 bridgehead atoms. The smallest absolute Gasteiger partial charge is 0.264 e. The van der Waals surface area contributed by atoms with Crippen LogP contribution in [0.3, 0.4) is 0 Å². The Morgan fingerprint density at radius 2 is 1.82 bits per heavy atom. The molecule has 0 aromatic heterocycles. The molecule has 9 nitrogen and oxygen atoms in total. The Bertz CT molecular complexity index is 1400. The Kier molecular flexibility index (Phi) is 8.98. The number of carbonyl (C=O) groups excluding carboxylic acids is 3. The van der Waals surface area contributed by atoms with Gasteiger partial charge in [-0.3, -0.25) is 23.7 Å². The number of fused-ring (bicyclic) bond motifs is 1. The summed E-state index contributed by atoms with van der Waals surface area (Å²) in [7, 11) is -2.39. The lowest BCUT2D eigenvalue weighted by Crippen LogP contribution is -2.38. The van der Waals surface area contributed by atoms with Crippen molar-refractivity contribution < 1.29 is 41.1 Å². The number of alkyl halides is 1. The molecule has 13 heteroatoms. The molecule has 3 amide bonds. The second kappa shape index (κ2) is 11.6. The van der Waals surface area contributed by atoms with E-state index >= 15 is 4.39 Å². The first-order valence-electron chi connectivity index (χ1n) is 11.7. The van der Waals surface area contributed by atoms with E-state index in [2.05, 4.69) is 5.32 Å². The molecule has 0 saturated heterocycles. The zero-order valence-electron chi connectivity index (χ0n) is 21.2. The molecular formula is C25H27ClF2N2O7S. The van der Waals surface area contributed by atoms with Crippen molar-refractivity contribution in [3.8, 4) is 11.5 Å². The van der Waals surface area contributed by atoms with Crippen LogP contribution in [0.15, 0.2) is 18.2 Å². The van der Waals surface area contributed by atoms with E-state index < -0.39 is 74.4 Å². The number of nitrogens with one attached hydrogen (secondary N) is 1. The average molecular weight is 573 g/mol. The number of rotatable bonds is 11. The molecule has 0 saturated carbocycles. The number of hydrogen-bond acceptors (Lipinski definition) is 7. The van der Waals surface area contributed by atoms with Crippen molar-refractivity contribution in [2.45, 2.75) is 32.7 Å². The molecule has 2 aromatic carbocycles. The first-order chi connectivity index (χ1) is 17.9. The fourth-order valence-electron chi connectivity index (χ4n) is 4.24. The first kappa shape index (κ1) is 29.3. The fourth-order valence-corrected chi connectivity index (χ4v) is 5.44. The maximum Gasteiger partial charge on any atom is 0.264 e.